The minimum Gasteiger partial charge on any atom is -0.394 e. The number of aliphatic hydroxyl groups is 1. The molecule has 0 bridgehead atoms. The Morgan fingerprint density at radius 2 is 1.93 bits per heavy atom. The highest BCUT2D eigenvalue weighted by Gasteiger charge is 2.16. The van der Waals surface area contributed by atoms with Crippen molar-refractivity contribution < 1.29 is 13.5 Å². The van der Waals surface area contributed by atoms with Crippen molar-refractivity contribution in [2.45, 2.75) is 24.8 Å². The highest BCUT2D eigenvalue weighted by atomic mass is 79.9. The van der Waals surface area contributed by atoms with Crippen molar-refractivity contribution in [3.63, 3.8) is 0 Å². The first-order chi connectivity index (χ1) is 13.2. The lowest BCUT2D eigenvalue weighted by atomic mass is 10.1. The number of fused-ring (bicyclic) bond motifs is 1. The van der Waals surface area contributed by atoms with Gasteiger partial charge in [-0.15, -0.1) is 0 Å². The van der Waals surface area contributed by atoms with E-state index in [1.54, 1.807) is 41.0 Å². The fraction of sp³-hybridized carbons (Fsp3) is 0.333. The Morgan fingerprint density at radius 1 is 1.25 bits per heavy atom. The van der Waals surface area contributed by atoms with E-state index in [2.05, 4.69) is 36.6 Å². The van der Waals surface area contributed by atoms with Crippen LogP contribution in [0.3, 0.4) is 0 Å². The third-order valence-corrected chi connectivity index (χ3v) is 6.01. The van der Waals surface area contributed by atoms with Gasteiger partial charge in [0.25, 0.3) is 0 Å². The van der Waals surface area contributed by atoms with Gasteiger partial charge in [-0.05, 0) is 46.1 Å². The molecule has 0 spiro atoms. The molecular formula is C18H22BrN5O3S. The summed E-state index contributed by atoms with van der Waals surface area (Å²) < 4.78 is 25.6. The molecule has 0 aliphatic heterocycles. The molecule has 3 rings (SSSR count). The predicted molar refractivity (Wildman–Crippen MR) is 113 cm³/mol. The molecule has 1 unspecified atom stereocenters. The molecule has 2 aromatic heterocycles. The number of hydrogen-bond donors (Lipinski definition) is 3. The number of benzene rings is 1. The highest BCUT2D eigenvalue weighted by Crippen LogP contribution is 2.26. The zero-order valence-electron chi connectivity index (χ0n) is 15.7. The predicted octanol–water partition coefficient (Wildman–Crippen LogP) is 3.07. The minimum absolute atomic E-state index is 0.0132. The van der Waals surface area contributed by atoms with Gasteiger partial charge in [-0.1, -0.05) is 13.8 Å². The lowest BCUT2D eigenvalue weighted by Gasteiger charge is -2.21. The largest absolute Gasteiger partial charge is 0.394 e. The Morgan fingerprint density at radius 3 is 2.50 bits per heavy atom. The van der Waals surface area contributed by atoms with Crippen molar-refractivity contribution in [1.82, 2.24) is 14.6 Å². The third-order valence-electron chi connectivity index (χ3n) is 4.32. The van der Waals surface area contributed by atoms with Crippen LogP contribution in [0, 0.1) is 5.92 Å². The van der Waals surface area contributed by atoms with Crippen molar-refractivity contribution in [3.05, 3.63) is 41.0 Å². The van der Waals surface area contributed by atoms with E-state index in [-0.39, 0.29) is 23.5 Å². The normalized spacial score (nSPS) is 13.1. The van der Waals surface area contributed by atoms with E-state index in [4.69, 9.17) is 0 Å². The van der Waals surface area contributed by atoms with Crippen LogP contribution in [0.2, 0.25) is 0 Å². The second-order valence-electron chi connectivity index (χ2n) is 6.85. The molecule has 3 N–H and O–H groups in total. The first-order valence-corrected chi connectivity index (χ1v) is 11.4. The fourth-order valence-electron chi connectivity index (χ4n) is 2.65. The molecule has 0 aliphatic carbocycles. The van der Waals surface area contributed by atoms with E-state index in [0.717, 1.165) is 4.47 Å². The molecule has 2 heterocycles. The quantitative estimate of drug-likeness (QED) is 0.489. The second kappa shape index (κ2) is 8.06. The summed E-state index contributed by atoms with van der Waals surface area (Å²) in [5.41, 5.74) is 1.32. The van der Waals surface area contributed by atoms with Crippen molar-refractivity contribution in [3.8, 4) is 0 Å². The highest BCUT2D eigenvalue weighted by molar-refractivity contribution is 9.10. The fourth-order valence-corrected chi connectivity index (χ4v) is 3.62. The van der Waals surface area contributed by atoms with Gasteiger partial charge >= 0.3 is 0 Å². The summed E-state index contributed by atoms with van der Waals surface area (Å²) >= 11 is 3.45. The van der Waals surface area contributed by atoms with Crippen LogP contribution in [-0.2, 0) is 9.84 Å². The zero-order valence-corrected chi connectivity index (χ0v) is 18.1. The molecule has 3 aromatic rings. The lowest BCUT2D eigenvalue weighted by Crippen LogP contribution is -2.30. The van der Waals surface area contributed by atoms with Gasteiger partial charge in [-0.3, -0.25) is 0 Å². The molecule has 0 saturated heterocycles. The van der Waals surface area contributed by atoms with Crippen LogP contribution in [0.25, 0.3) is 5.65 Å². The van der Waals surface area contributed by atoms with Crippen LogP contribution in [0.1, 0.15) is 13.8 Å². The van der Waals surface area contributed by atoms with Gasteiger partial charge in [-0.2, -0.15) is 9.61 Å². The Hall–Kier alpha value is -2.17. The first-order valence-electron chi connectivity index (χ1n) is 8.68. The molecule has 0 aliphatic rings. The molecule has 0 radical (unpaired) electrons. The standard InChI is InChI=1S/C18H22BrN5O3S/c1-11(2)15(10-25)22-16-8-17(24-18(23-16)14(19)9-20-24)21-12-4-6-13(7-5-12)28(3,26)27/h4-9,11,15,21,25H,10H2,1-3H3,(H,22,23). The Labute approximate surface area is 172 Å². The van der Waals surface area contributed by atoms with E-state index in [1.807, 2.05) is 13.8 Å². The van der Waals surface area contributed by atoms with Crippen LogP contribution < -0.4 is 10.6 Å². The van der Waals surface area contributed by atoms with E-state index in [9.17, 15) is 13.5 Å². The number of rotatable bonds is 7. The maximum atomic E-state index is 11.6. The van der Waals surface area contributed by atoms with Gasteiger partial charge in [0.1, 0.15) is 11.6 Å². The molecule has 10 heteroatoms. The number of anilines is 3. The van der Waals surface area contributed by atoms with Crippen molar-refractivity contribution >= 4 is 48.7 Å². The number of nitrogens with zero attached hydrogens (tertiary/aromatic N) is 3. The molecule has 0 saturated carbocycles. The van der Waals surface area contributed by atoms with Gasteiger partial charge in [-0.25, -0.2) is 13.4 Å². The van der Waals surface area contributed by atoms with Crippen LogP contribution in [0.4, 0.5) is 17.3 Å². The third kappa shape index (κ3) is 4.45. The van der Waals surface area contributed by atoms with Gasteiger partial charge in [0.2, 0.25) is 0 Å². The summed E-state index contributed by atoms with van der Waals surface area (Å²) in [6, 6.07) is 8.14. The average molecular weight is 468 g/mol. The lowest BCUT2D eigenvalue weighted by molar-refractivity contribution is 0.249. The number of aliphatic hydroxyl groups excluding tert-OH is 1. The summed E-state index contributed by atoms with van der Waals surface area (Å²) in [7, 11) is -3.25. The summed E-state index contributed by atoms with van der Waals surface area (Å²) in [5, 5.41) is 20.4. The van der Waals surface area contributed by atoms with E-state index in [0.29, 0.717) is 23.0 Å². The number of aromatic nitrogens is 3. The summed E-state index contributed by atoms with van der Waals surface area (Å²) in [6.45, 7) is 4.02. The molecule has 150 valence electrons. The monoisotopic (exact) mass is 467 g/mol. The minimum atomic E-state index is -3.25. The molecule has 8 nitrogen and oxygen atoms in total. The maximum Gasteiger partial charge on any atom is 0.175 e. The number of nitrogens with one attached hydrogen (secondary N) is 2. The van der Waals surface area contributed by atoms with Crippen molar-refractivity contribution in [1.29, 1.82) is 0 Å². The Bertz CT molecular complexity index is 1080. The summed E-state index contributed by atoms with van der Waals surface area (Å²) in [4.78, 5) is 4.82. The maximum absolute atomic E-state index is 11.6. The topological polar surface area (TPSA) is 109 Å². The van der Waals surface area contributed by atoms with Gasteiger partial charge < -0.3 is 15.7 Å². The second-order valence-corrected chi connectivity index (χ2v) is 9.72. The summed E-state index contributed by atoms with van der Waals surface area (Å²) in [6.07, 6.45) is 2.82. The molecule has 28 heavy (non-hydrogen) atoms. The van der Waals surface area contributed by atoms with Gasteiger partial charge in [0, 0.05) is 18.0 Å². The smallest absolute Gasteiger partial charge is 0.175 e. The SMILES string of the molecule is CC(C)C(CO)Nc1cc(Nc2ccc(S(C)(=O)=O)cc2)n2ncc(Br)c2n1. The van der Waals surface area contributed by atoms with E-state index >= 15 is 0 Å². The molecular weight excluding hydrogens is 446 g/mol. The summed E-state index contributed by atoms with van der Waals surface area (Å²) in [5.74, 6) is 1.46. The van der Waals surface area contributed by atoms with Crippen LogP contribution in [0.15, 0.2) is 45.9 Å². The molecule has 0 fully saturated rings. The zero-order chi connectivity index (χ0) is 20.5. The average Bonchev–Trinajstić information content (AvgIpc) is 3.00. The van der Waals surface area contributed by atoms with Crippen LogP contribution >= 0.6 is 15.9 Å². The molecule has 0 amide bonds. The van der Waals surface area contributed by atoms with Gasteiger partial charge in [0.15, 0.2) is 15.5 Å². The van der Waals surface area contributed by atoms with E-state index < -0.39 is 9.84 Å². The van der Waals surface area contributed by atoms with Crippen LogP contribution in [0.5, 0.6) is 0 Å². The Kier molecular flexibility index (Phi) is 5.92. The molecule has 1 atom stereocenters. The number of hydrogen-bond acceptors (Lipinski definition) is 7. The van der Waals surface area contributed by atoms with Crippen LogP contribution in [-0.4, -0.2) is 47.0 Å². The Balaban J connectivity index is 1.97. The number of halogens is 1. The van der Waals surface area contributed by atoms with Gasteiger partial charge in [0.05, 0.1) is 28.2 Å². The molecule has 1 aromatic carbocycles. The van der Waals surface area contributed by atoms with Crippen molar-refractivity contribution in [2.24, 2.45) is 5.92 Å². The number of sulfone groups is 1. The van der Waals surface area contributed by atoms with Crippen molar-refractivity contribution in [2.75, 3.05) is 23.5 Å². The van der Waals surface area contributed by atoms with E-state index in [1.165, 1.54) is 6.26 Å². The first kappa shape index (κ1) is 20.6.